The molecule has 2 fully saturated rings. The molecule has 3 aliphatic rings. The van der Waals surface area contributed by atoms with Crippen molar-refractivity contribution in [3.63, 3.8) is 0 Å². The summed E-state index contributed by atoms with van der Waals surface area (Å²) in [7, 11) is 0. The molecule has 1 heterocycles. The monoisotopic (exact) mass is 513 g/mol. The molecule has 7 heteroatoms. The predicted molar refractivity (Wildman–Crippen MR) is 143 cm³/mol. The summed E-state index contributed by atoms with van der Waals surface area (Å²) in [5, 5.41) is 11.2. The molecule has 2 aliphatic carbocycles. The van der Waals surface area contributed by atoms with Gasteiger partial charge in [0, 0.05) is 12.5 Å². The first-order chi connectivity index (χ1) is 17.5. The maximum atomic E-state index is 14.2. The summed E-state index contributed by atoms with van der Waals surface area (Å²) in [5.41, 5.74) is 0.734. The van der Waals surface area contributed by atoms with Gasteiger partial charge in [0.25, 0.3) is 0 Å². The Bertz CT molecular complexity index is 1050. The molecular weight excluding hydrogens is 477 g/mol. The Morgan fingerprint density at radius 1 is 1.00 bits per heavy atom. The fourth-order valence-corrected chi connectivity index (χ4v) is 6.60. The number of hydrogen-bond donors (Lipinski definition) is 3. The van der Waals surface area contributed by atoms with Gasteiger partial charge < -0.3 is 20.7 Å². The summed E-state index contributed by atoms with van der Waals surface area (Å²) in [4.78, 5) is 14.1. The molecule has 1 aliphatic heterocycles. The van der Waals surface area contributed by atoms with Crippen molar-refractivity contribution in [2.45, 2.75) is 82.3 Å². The van der Waals surface area contributed by atoms with E-state index in [1.54, 1.807) is 12.1 Å². The molecule has 0 radical (unpaired) electrons. The molecular formula is C29H37ClFN3O2. The van der Waals surface area contributed by atoms with Crippen LogP contribution in [0.2, 0.25) is 5.02 Å². The van der Waals surface area contributed by atoms with Crippen molar-refractivity contribution in [1.82, 2.24) is 5.32 Å². The van der Waals surface area contributed by atoms with Crippen molar-refractivity contribution in [3.05, 3.63) is 53.3 Å². The van der Waals surface area contributed by atoms with Gasteiger partial charge in [-0.1, -0.05) is 62.3 Å². The largest absolute Gasteiger partial charge is 0.492 e. The van der Waals surface area contributed by atoms with E-state index in [1.165, 1.54) is 25.0 Å². The van der Waals surface area contributed by atoms with Gasteiger partial charge in [-0.15, -0.1) is 0 Å². The smallest absolute Gasteiger partial charge is 0.227 e. The van der Waals surface area contributed by atoms with Crippen LogP contribution in [0.4, 0.5) is 15.8 Å². The lowest BCUT2D eigenvalue weighted by atomic mass is 9.72. The Labute approximate surface area is 218 Å². The minimum atomic E-state index is -0.780. The number of carbonyl (C=O) groups is 1. The second-order valence-electron chi connectivity index (χ2n) is 10.7. The number of nitrogens with one attached hydrogen (secondary N) is 3. The van der Waals surface area contributed by atoms with Gasteiger partial charge >= 0.3 is 0 Å². The highest BCUT2D eigenvalue weighted by atomic mass is 35.5. The van der Waals surface area contributed by atoms with E-state index in [-0.39, 0.29) is 29.6 Å². The third kappa shape index (κ3) is 5.59. The third-order valence-corrected chi connectivity index (χ3v) is 8.49. The van der Waals surface area contributed by atoms with Crippen LogP contribution in [0.3, 0.4) is 0 Å². The predicted octanol–water partition coefficient (Wildman–Crippen LogP) is 7.13. The number of para-hydroxylation sites is 1. The summed E-state index contributed by atoms with van der Waals surface area (Å²) in [6, 6.07) is 12.4. The van der Waals surface area contributed by atoms with E-state index in [9.17, 15) is 9.18 Å². The number of anilines is 2. The lowest BCUT2D eigenvalue weighted by molar-refractivity contribution is -0.130. The van der Waals surface area contributed by atoms with Gasteiger partial charge in [0.2, 0.25) is 5.91 Å². The van der Waals surface area contributed by atoms with Crippen LogP contribution in [-0.4, -0.2) is 24.2 Å². The molecule has 194 valence electrons. The minimum absolute atomic E-state index is 0.0971. The van der Waals surface area contributed by atoms with Crippen LogP contribution in [0, 0.1) is 17.7 Å². The van der Waals surface area contributed by atoms with Crippen LogP contribution in [0.15, 0.2) is 42.5 Å². The molecule has 0 spiro atoms. The molecule has 0 bridgehead atoms. The minimum Gasteiger partial charge on any atom is -0.492 e. The van der Waals surface area contributed by atoms with Crippen LogP contribution in [-0.2, 0) is 4.79 Å². The number of ether oxygens (including phenoxy) is 1. The molecule has 3 N–H and O–H groups in total. The summed E-state index contributed by atoms with van der Waals surface area (Å²) in [6.07, 6.45) is 11.7. The SMILES string of the molecule is O=C(NC1CCCCC1)C(C1CCCCC1)C1(CCOc2ccccc2Cl)Nc2ccc(F)cc2N1. The number of halogens is 2. The summed E-state index contributed by atoms with van der Waals surface area (Å²) in [6.45, 7) is 0.361. The molecule has 36 heavy (non-hydrogen) atoms. The highest BCUT2D eigenvalue weighted by Crippen LogP contribution is 2.45. The van der Waals surface area contributed by atoms with Crippen molar-refractivity contribution < 1.29 is 13.9 Å². The molecule has 2 atom stereocenters. The van der Waals surface area contributed by atoms with Crippen molar-refractivity contribution >= 4 is 28.9 Å². The first-order valence-corrected chi connectivity index (χ1v) is 14.0. The van der Waals surface area contributed by atoms with E-state index in [4.69, 9.17) is 16.3 Å². The Morgan fingerprint density at radius 3 is 2.44 bits per heavy atom. The standard InChI is InChI=1S/C29H37ClFN3O2/c30-23-13-7-8-14-26(23)36-18-17-29(33-24-16-15-21(31)19-25(24)34-29)27(20-9-3-1-4-10-20)28(35)32-22-11-5-2-6-12-22/h7-8,13-16,19-20,22,27,33-34H,1-6,9-12,17-18H2,(H,32,35). The van der Waals surface area contributed by atoms with E-state index in [0.29, 0.717) is 29.5 Å². The van der Waals surface area contributed by atoms with E-state index >= 15 is 0 Å². The molecule has 2 aromatic rings. The number of rotatable bonds is 8. The van der Waals surface area contributed by atoms with Gasteiger partial charge in [-0.2, -0.15) is 0 Å². The first-order valence-electron chi connectivity index (χ1n) is 13.6. The lowest BCUT2D eigenvalue weighted by Gasteiger charge is -2.43. The normalized spacial score (nSPS) is 23.3. The van der Waals surface area contributed by atoms with Crippen LogP contribution >= 0.6 is 11.6 Å². The van der Waals surface area contributed by atoms with Crippen molar-refractivity contribution in [1.29, 1.82) is 0 Å². The lowest BCUT2D eigenvalue weighted by Crippen LogP contribution is -2.59. The number of hydrogen-bond acceptors (Lipinski definition) is 4. The van der Waals surface area contributed by atoms with E-state index in [1.807, 2.05) is 18.2 Å². The van der Waals surface area contributed by atoms with Gasteiger partial charge in [0.05, 0.1) is 28.9 Å². The van der Waals surface area contributed by atoms with Crippen molar-refractivity contribution in [2.24, 2.45) is 11.8 Å². The van der Waals surface area contributed by atoms with Gasteiger partial charge in [-0.3, -0.25) is 4.79 Å². The fraction of sp³-hybridized carbons (Fsp3) is 0.552. The zero-order valence-electron chi connectivity index (χ0n) is 20.8. The summed E-state index contributed by atoms with van der Waals surface area (Å²) >= 11 is 6.33. The molecule has 0 aromatic heterocycles. The Kier molecular flexibility index (Phi) is 7.90. The first kappa shape index (κ1) is 25.2. The van der Waals surface area contributed by atoms with Crippen LogP contribution in [0.1, 0.15) is 70.6 Å². The Morgan fingerprint density at radius 2 is 1.69 bits per heavy atom. The topological polar surface area (TPSA) is 62.4 Å². The van der Waals surface area contributed by atoms with Gasteiger partial charge in [-0.25, -0.2) is 4.39 Å². The number of fused-ring (bicyclic) bond motifs is 1. The second kappa shape index (κ2) is 11.3. The van der Waals surface area contributed by atoms with E-state index < -0.39 is 5.66 Å². The highest BCUT2D eigenvalue weighted by molar-refractivity contribution is 6.32. The molecule has 2 aromatic carbocycles. The zero-order valence-corrected chi connectivity index (χ0v) is 21.6. The second-order valence-corrected chi connectivity index (χ2v) is 11.1. The maximum Gasteiger partial charge on any atom is 0.227 e. The van der Waals surface area contributed by atoms with Gasteiger partial charge in [0.15, 0.2) is 0 Å². The summed E-state index contributed by atoms with van der Waals surface area (Å²) in [5.74, 6) is 0.343. The number of carbonyl (C=O) groups excluding carboxylic acids is 1. The summed E-state index contributed by atoms with van der Waals surface area (Å²) < 4.78 is 20.3. The molecule has 1 amide bonds. The fourth-order valence-electron chi connectivity index (χ4n) is 6.41. The molecule has 2 unspecified atom stereocenters. The average molecular weight is 514 g/mol. The van der Waals surface area contributed by atoms with Crippen LogP contribution < -0.4 is 20.7 Å². The van der Waals surface area contributed by atoms with Gasteiger partial charge in [-0.05, 0) is 61.9 Å². The zero-order chi connectivity index (χ0) is 25.0. The highest BCUT2D eigenvalue weighted by Gasteiger charge is 2.50. The number of benzene rings is 2. The third-order valence-electron chi connectivity index (χ3n) is 8.17. The van der Waals surface area contributed by atoms with E-state index in [0.717, 1.165) is 57.1 Å². The molecule has 0 saturated heterocycles. The Balaban J connectivity index is 1.44. The maximum absolute atomic E-state index is 14.2. The quantitative estimate of drug-likeness (QED) is 0.351. The van der Waals surface area contributed by atoms with Crippen LogP contribution in [0.25, 0.3) is 0 Å². The van der Waals surface area contributed by atoms with E-state index in [2.05, 4.69) is 16.0 Å². The number of amides is 1. The van der Waals surface area contributed by atoms with Crippen molar-refractivity contribution in [3.8, 4) is 5.75 Å². The van der Waals surface area contributed by atoms with Crippen molar-refractivity contribution in [2.75, 3.05) is 17.2 Å². The van der Waals surface area contributed by atoms with Crippen LogP contribution in [0.5, 0.6) is 5.75 Å². The average Bonchev–Trinajstić information content (AvgIpc) is 3.24. The molecule has 2 saturated carbocycles. The molecule has 5 nitrogen and oxygen atoms in total. The molecule has 5 rings (SSSR count). The Hall–Kier alpha value is -2.47. The van der Waals surface area contributed by atoms with Gasteiger partial charge in [0.1, 0.15) is 17.2 Å².